The van der Waals surface area contributed by atoms with Gasteiger partial charge in [-0.3, -0.25) is 14.8 Å². The van der Waals surface area contributed by atoms with Crippen LogP contribution in [0.1, 0.15) is 40.4 Å². The van der Waals surface area contributed by atoms with Crippen molar-refractivity contribution in [2.75, 3.05) is 0 Å². The second-order valence-electron chi connectivity index (χ2n) is 5.60. The van der Waals surface area contributed by atoms with E-state index in [1.165, 1.54) is 5.56 Å². The van der Waals surface area contributed by atoms with E-state index in [2.05, 4.69) is 17.2 Å². The number of aryl methyl sites for hydroxylation is 1. The molecule has 0 bridgehead atoms. The third-order valence-electron chi connectivity index (χ3n) is 3.69. The van der Waals surface area contributed by atoms with Crippen LogP contribution in [0.2, 0.25) is 0 Å². The second-order valence-corrected chi connectivity index (χ2v) is 5.60. The zero-order chi connectivity index (χ0) is 18.2. The van der Waals surface area contributed by atoms with E-state index >= 15 is 0 Å². The molecule has 0 aliphatic heterocycles. The zero-order valence-corrected chi connectivity index (χ0v) is 14.2. The van der Waals surface area contributed by atoms with Gasteiger partial charge >= 0.3 is 0 Å². The van der Waals surface area contributed by atoms with Crippen LogP contribution in [-0.4, -0.2) is 23.1 Å². The summed E-state index contributed by atoms with van der Waals surface area (Å²) >= 11 is 0. The van der Waals surface area contributed by atoms with Crippen molar-refractivity contribution in [1.82, 2.24) is 10.8 Å². The molecule has 1 unspecified atom stereocenters. The zero-order valence-electron chi connectivity index (χ0n) is 14.2. The molecular formula is C20H20N2O3. The van der Waals surface area contributed by atoms with E-state index < -0.39 is 11.9 Å². The summed E-state index contributed by atoms with van der Waals surface area (Å²) in [5.74, 6) is 5.09. The van der Waals surface area contributed by atoms with Crippen LogP contribution in [0.15, 0.2) is 48.5 Å². The number of hydrogen-bond donors (Lipinski definition) is 3. The molecule has 128 valence electrons. The molecule has 0 radical (unpaired) electrons. The van der Waals surface area contributed by atoms with E-state index in [0.29, 0.717) is 12.0 Å². The Bertz CT molecular complexity index is 800. The first-order valence-corrected chi connectivity index (χ1v) is 7.97. The van der Waals surface area contributed by atoms with Gasteiger partial charge in [0.1, 0.15) is 6.04 Å². The normalized spacial score (nSPS) is 11.0. The number of hydroxylamine groups is 1. The molecule has 0 saturated carbocycles. The van der Waals surface area contributed by atoms with Crippen LogP contribution < -0.4 is 10.8 Å². The molecule has 0 aliphatic rings. The van der Waals surface area contributed by atoms with Gasteiger partial charge in [0.25, 0.3) is 11.8 Å². The molecule has 0 spiro atoms. The molecule has 0 heterocycles. The SMILES string of the molecule is CCC(NC(=O)c1ccc(C#Cc2ccc(C)cc2)cc1)C(=O)NO. The summed E-state index contributed by atoms with van der Waals surface area (Å²) in [4.78, 5) is 23.6. The number of carbonyl (C=O) groups is 2. The summed E-state index contributed by atoms with van der Waals surface area (Å²) in [5.41, 5.74) is 4.86. The Balaban J connectivity index is 2.05. The number of amides is 2. The molecule has 2 rings (SSSR count). The van der Waals surface area contributed by atoms with Crippen molar-refractivity contribution in [3.8, 4) is 11.8 Å². The minimum Gasteiger partial charge on any atom is -0.340 e. The molecule has 0 saturated heterocycles. The Labute approximate surface area is 147 Å². The number of nitrogens with one attached hydrogen (secondary N) is 2. The van der Waals surface area contributed by atoms with Crippen LogP contribution >= 0.6 is 0 Å². The van der Waals surface area contributed by atoms with Gasteiger partial charge in [0.2, 0.25) is 0 Å². The van der Waals surface area contributed by atoms with Gasteiger partial charge in [-0.2, -0.15) is 0 Å². The van der Waals surface area contributed by atoms with Crippen molar-refractivity contribution in [3.05, 3.63) is 70.8 Å². The maximum absolute atomic E-state index is 12.1. The van der Waals surface area contributed by atoms with Crippen molar-refractivity contribution < 1.29 is 14.8 Å². The van der Waals surface area contributed by atoms with Crippen LogP contribution in [-0.2, 0) is 4.79 Å². The topological polar surface area (TPSA) is 78.4 Å². The molecule has 3 N–H and O–H groups in total. The fourth-order valence-electron chi connectivity index (χ4n) is 2.16. The van der Waals surface area contributed by atoms with Gasteiger partial charge in [0, 0.05) is 16.7 Å². The lowest BCUT2D eigenvalue weighted by molar-refractivity contribution is -0.131. The summed E-state index contributed by atoms with van der Waals surface area (Å²) in [5, 5.41) is 11.2. The highest BCUT2D eigenvalue weighted by Crippen LogP contribution is 2.06. The molecule has 2 aromatic carbocycles. The Morgan fingerprint density at radius 2 is 1.52 bits per heavy atom. The van der Waals surface area contributed by atoms with Crippen LogP contribution in [0.4, 0.5) is 0 Å². The minimum absolute atomic E-state index is 0.373. The van der Waals surface area contributed by atoms with Crippen molar-refractivity contribution in [1.29, 1.82) is 0 Å². The van der Waals surface area contributed by atoms with Gasteiger partial charge in [0.15, 0.2) is 0 Å². The van der Waals surface area contributed by atoms with E-state index in [1.54, 1.807) is 36.7 Å². The van der Waals surface area contributed by atoms with E-state index in [1.807, 2.05) is 31.2 Å². The highest BCUT2D eigenvalue weighted by molar-refractivity contribution is 5.97. The molecule has 0 aromatic heterocycles. The molecule has 0 fully saturated rings. The summed E-state index contributed by atoms with van der Waals surface area (Å²) in [6, 6.07) is 14.0. The number of hydrogen-bond acceptors (Lipinski definition) is 3. The lowest BCUT2D eigenvalue weighted by atomic mass is 10.1. The second kappa shape index (κ2) is 8.67. The van der Waals surface area contributed by atoms with Crippen LogP contribution in [0.5, 0.6) is 0 Å². The van der Waals surface area contributed by atoms with E-state index in [9.17, 15) is 9.59 Å². The molecule has 5 heteroatoms. The number of benzene rings is 2. The third-order valence-corrected chi connectivity index (χ3v) is 3.69. The summed E-state index contributed by atoms with van der Waals surface area (Å²) in [6.45, 7) is 3.76. The quantitative estimate of drug-likeness (QED) is 0.456. The Morgan fingerprint density at radius 1 is 1.00 bits per heavy atom. The molecule has 0 aliphatic carbocycles. The highest BCUT2D eigenvalue weighted by Gasteiger charge is 2.18. The summed E-state index contributed by atoms with van der Waals surface area (Å²) in [6.07, 6.45) is 0.373. The van der Waals surface area contributed by atoms with Gasteiger partial charge in [-0.1, -0.05) is 36.5 Å². The molecule has 2 amide bonds. The van der Waals surface area contributed by atoms with E-state index in [-0.39, 0.29) is 5.91 Å². The molecule has 2 aromatic rings. The Morgan fingerprint density at radius 3 is 2.00 bits per heavy atom. The van der Waals surface area contributed by atoms with E-state index in [4.69, 9.17) is 5.21 Å². The van der Waals surface area contributed by atoms with Gasteiger partial charge < -0.3 is 5.32 Å². The average molecular weight is 336 g/mol. The smallest absolute Gasteiger partial charge is 0.265 e. The predicted octanol–water partition coefficient (Wildman–Crippen LogP) is 2.41. The maximum atomic E-state index is 12.1. The minimum atomic E-state index is -0.779. The van der Waals surface area contributed by atoms with Gasteiger partial charge in [-0.15, -0.1) is 0 Å². The van der Waals surface area contributed by atoms with Crippen molar-refractivity contribution in [2.24, 2.45) is 0 Å². The monoisotopic (exact) mass is 336 g/mol. The summed E-state index contributed by atoms with van der Waals surface area (Å²) in [7, 11) is 0. The van der Waals surface area contributed by atoms with Crippen molar-refractivity contribution in [3.63, 3.8) is 0 Å². The first-order valence-electron chi connectivity index (χ1n) is 7.97. The maximum Gasteiger partial charge on any atom is 0.265 e. The predicted molar refractivity (Wildman–Crippen MR) is 95.1 cm³/mol. The highest BCUT2D eigenvalue weighted by atomic mass is 16.5. The number of rotatable bonds is 4. The first kappa shape index (κ1) is 18.2. The molecular weight excluding hydrogens is 316 g/mol. The van der Waals surface area contributed by atoms with Crippen LogP contribution in [0, 0.1) is 18.8 Å². The lowest BCUT2D eigenvalue weighted by Crippen LogP contribution is -2.45. The lowest BCUT2D eigenvalue weighted by Gasteiger charge is -2.14. The van der Waals surface area contributed by atoms with Gasteiger partial charge in [-0.25, -0.2) is 5.48 Å². The van der Waals surface area contributed by atoms with Crippen LogP contribution in [0.3, 0.4) is 0 Å². The van der Waals surface area contributed by atoms with Gasteiger partial charge in [0.05, 0.1) is 0 Å². The van der Waals surface area contributed by atoms with Crippen LogP contribution in [0.25, 0.3) is 0 Å². The number of carbonyl (C=O) groups excluding carboxylic acids is 2. The molecule has 5 nitrogen and oxygen atoms in total. The van der Waals surface area contributed by atoms with E-state index in [0.717, 1.165) is 11.1 Å². The van der Waals surface area contributed by atoms with Crippen molar-refractivity contribution in [2.45, 2.75) is 26.3 Å². The van der Waals surface area contributed by atoms with Crippen molar-refractivity contribution >= 4 is 11.8 Å². The molecule has 25 heavy (non-hydrogen) atoms. The Hall–Kier alpha value is -3.10. The standard InChI is InChI=1S/C20H20N2O3/c1-3-18(20(24)22-25)21-19(23)17-12-10-16(11-13-17)9-8-15-6-4-14(2)5-7-15/h4-7,10-13,18,25H,3H2,1-2H3,(H,21,23)(H,22,24). The van der Waals surface area contributed by atoms with Gasteiger partial charge in [-0.05, 0) is 49.7 Å². The largest absolute Gasteiger partial charge is 0.340 e. The Kier molecular flexibility index (Phi) is 6.33. The third kappa shape index (κ3) is 5.20. The molecule has 1 atom stereocenters. The summed E-state index contributed by atoms with van der Waals surface area (Å²) < 4.78 is 0. The first-order chi connectivity index (χ1) is 12.0. The fourth-order valence-corrected chi connectivity index (χ4v) is 2.16. The fraction of sp³-hybridized carbons (Fsp3) is 0.200. The average Bonchev–Trinajstić information content (AvgIpc) is 2.65.